The number of amides is 1. The van der Waals surface area contributed by atoms with Crippen LogP contribution >= 0.6 is 0 Å². The summed E-state index contributed by atoms with van der Waals surface area (Å²) in [6, 6.07) is 2.01. The lowest BCUT2D eigenvalue weighted by molar-refractivity contribution is -0.117. The van der Waals surface area contributed by atoms with Crippen molar-refractivity contribution in [2.24, 2.45) is 15.3 Å². The average Bonchev–Trinajstić information content (AvgIpc) is 3.14. The molecule has 0 aliphatic carbocycles. The molecule has 0 fully saturated rings. The first-order valence-electron chi connectivity index (χ1n) is 9.39. The molecule has 0 saturated carbocycles. The van der Waals surface area contributed by atoms with Crippen LogP contribution in [0.5, 0.6) is 0 Å². The third-order valence-electron chi connectivity index (χ3n) is 4.49. The van der Waals surface area contributed by atoms with Gasteiger partial charge in [-0.25, -0.2) is 22.2 Å². The molecule has 0 unspecified atom stereocenters. The van der Waals surface area contributed by atoms with Crippen LogP contribution < -0.4 is 15.0 Å². The highest BCUT2D eigenvalue weighted by molar-refractivity contribution is 7.92. The van der Waals surface area contributed by atoms with Gasteiger partial charge in [-0.1, -0.05) is 12.1 Å². The number of rotatable bonds is 5. The molecule has 0 aromatic heterocycles. The highest BCUT2D eigenvalue weighted by Crippen LogP contribution is 2.34. The van der Waals surface area contributed by atoms with Crippen LogP contribution in [-0.2, 0) is 14.8 Å². The van der Waals surface area contributed by atoms with Crippen LogP contribution in [0.4, 0.5) is 20.2 Å². The largest absolute Gasteiger partial charge is 0.315 e. The van der Waals surface area contributed by atoms with Crippen molar-refractivity contribution >= 4 is 33.1 Å². The number of halogens is 2. The number of aliphatic imine (C=N–C) groups is 1. The van der Waals surface area contributed by atoms with Gasteiger partial charge in [-0.15, -0.1) is 5.11 Å². The van der Waals surface area contributed by atoms with Crippen LogP contribution in [0.25, 0.3) is 0 Å². The maximum atomic E-state index is 14.9. The number of hydrogen-bond acceptors (Lipinski definition) is 7. The van der Waals surface area contributed by atoms with Crippen molar-refractivity contribution in [3.8, 4) is 0 Å². The molecule has 9 nitrogen and oxygen atoms in total. The number of anilines is 2. The van der Waals surface area contributed by atoms with Gasteiger partial charge in [-0.2, -0.15) is 0 Å². The quantitative estimate of drug-likeness (QED) is 0.732. The van der Waals surface area contributed by atoms with Crippen LogP contribution in [0.15, 0.2) is 38.7 Å². The Morgan fingerprint density at radius 2 is 2.03 bits per heavy atom. The number of carbonyl (C=O) groups excluding carboxylic acids is 1. The smallest absolute Gasteiger partial charge is 0.232 e. The van der Waals surface area contributed by atoms with Crippen molar-refractivity contribution in [3.63, 3.8) is 0 Å². The SMILES string of the molecule is CCCS(=O)(=O)Nc1ccc(F)c(N2C/C(=C3\CCC(NC(C)=O)=NC3)N=N2)c1F. The van der Waals surface area contributed by atoms with E-state index in [2.05, 4.69) is 25.4 Å². The Hall–Kier alpha value is -2.89. The molecule has 3 rings (SSSR count). The molecule has 0 spiro atoms. The molecular weight excluding hydrogens is 418 g/mol. The molecule has 2 heterocycles. The van der Waals surface area contributed by atoms with Crippen molar-refractivity contribution in [2.45, 2.75) is 33.1 Å². The van der Waals surface area contributed by atoms with E-state index in [0.29, 0.717) is 37.3 Å². The first-order chi connectivity index (χ1) is 14.2. The summed E-state index contributed by atoms with van der Waals surface area (Å²) in [5.41, 5.74) is 0.565. The number of carbonyl (C=O) groups is 1. The Balaban J connectivity index is 1.80. The minimum absolute atomic E-state index is 0.0271. The molecule has 2 N–H and O–H groups in total. The molecule has 30 heavy (non-hydrogen) atoms. The maximum absolute atomic E-state index is 14.9. The number of nitrogens with one attached hydrogen (secondary N) is 2. The van der Waals surface area contributed by atoms with E-state index in [-0.39, 0.29) is 23.9 Å². The molecule has 2 aliphatic heterocycles. The predicted octanol–water partition coefficient (Wildman–Crippen LogP) is 2.89. The first kappa shape index (κ1) is 21.8. The van der Waals surface area contributed by atoms with Gasteiger partial charge in [0.15, 0.2) is 11.6 Å². The zero-order valence-electron chi connectivity index (χ0n) is 16.6. The summed E-state index contributed by atoms with van der Waals surface area (Å²) in [5.74, 6) is -1.74. The van der Waals surface area contributed by atoms with Gasteiger partial charge in [0.05, 0.1) is 30.2 Å². The monoisotopic (exact) mass is 440 g/mol. The van der Waals surface area contributed by atoms with Crippen molar-refractivity contribution in [1.82, 2.24) is 5.32 Å². The molecule has 0 bridgehead atoms. The molecule has 0 atom stereocenters. The molecular formula is C18H22F2N6O3S. The Morgan fingerprint density at radius 1 is 1.27 bits per heavy atom. The lowest BCUT2D eigenvalue weighted by Crippen LogP contribution is -2.30. The minimum atomic E-state index is -3.74. The van der Waals surface area contributed by atoms with Crippen LogP contribution in [0.1, 0.15) is 33.1 Å². The average molecular weight is 440 g/mol. The Bertz CT molecular complexity index is 1050. The first-order valence-corrected chi connectivity index (χ1v) is 11.0. The fourth-order valence-corrected chi connectivity index (χ4v) is 4.25. The van der Waals surface area contributed by atoms with Gasteiger partial charge in [0.1, 0.15) is 11.5 Å². The van der Waals surface area contributed by atoms with Crippen molar-refractivity contribution in [2.75, 3.05) is 28.6 Å². The van der Waals surface area contributed by atoms with E-state index in [4.69, 9.17) is 0 Å². The summed E-state index contributed by atoms with van der Waals surface area (Å²) in [5, 5.41) is 11.6. The van der Waals surface area contributed by atoms with Gasteiger partial charge < -0.3 is 5.32 Å². The molecule has 0 saturated heterocycles. The zero-order chi connectivity index (χ0) is 21.9. The Morgan fingerprint density at radius 3 is 2.67 bits per heavy atom. The van der Waals surface area contributed by atoms with E-state index in [9.17, 15) is 22.0 Å². The second-order valence-corrected chi connectivity index (χ2v) is 8.76. The summed E-state index contributed by atoms with van der Waals surface area (Å²) < 4.78 is 55.3. The van der Waals surface area contributed by atoms with E-state index in [1.807, 2.05) is 0 Å². The summed E-state index contributed by atoms with van der Waals surface area (Å²) >= 11 is 0. The number of sulfonamides is 1. The highest BCUT2D eigenvalue weighted by Gasteiger charge is 2.27. The van der Waals surface area contributed by atoms with Crippen LogP contribution in [-0.4, -0.2) is 39.0 Å². The maximum Gasteiger partial charge on any atom is 0.232 e. The minimum Gasteiger partial charge on any atom is -0.315 e. The summed E-state index contributed by atoms with van der Waals surface area (Å²) in [6.45, 7) is 3.41. The number of hydrogen-bond donors (Lipinski definition) is 2. The summed E-state index contributed by atoms with van der Waals surface area (Å²) in [7, 11) is -3.74. The Labute approximate surface area is 173 Å². The van der Waals surface area contributed by atoms with Crippen LogP contribution in [0, 0.1) is 11.6 Å². The van der Waals surface area contributed by atoms with Crippen molar-refractivity contribution < 1.29 is 22.0 Å². The lowest BCUT2D eigenvalue weighted by atomic mass is 10.0. The molecule has 0 radical (unpaired) electrons. The van der Waals surface area contributed by atoms with Gasteiger partial charge in [-0.3, -0.25) is 14.5 Å². The fraction of sp³-hybridized carbons (Fsp3) is 0.444. The van der Waals surface area contributed by atoms with E-state index in [0.717, 1.165) is 22.7 Å². The van der Waals surface area contributed by atoms with Crippen LogP contribution in [0.3, 0.4) is 0 Å². The van der Waals surface area contributed by atoms with E-state index >= 15 is 0 Å². The van der Waals surface area contributed by atoms with Gasteiger partial charge in [-0.05, 0) is 30.5 Å². The number of amidine groups is 1. The van der Waals surface area contributed by atoms with E-state index in [1.165, 1.54) is 6.92 Å². The normalized spacial score (nSPS) is 19.1. The van der Waals surface area contributed by atoms with Gasteiger partial charge >= 0.3 is 0 Å². The second-order valence-electron chi connectivity index (χ2n) is 6.92. The standard InChI is InChI=1S/C18H22F2N6O3S/c1-3-8-30(28,29)24-14-6-5-13(19)18(17(14)20)26-10-15(23-25-26)12-4-7-16(21-9-12)22-11(2)27/h5-6,24H,3-4,7-10H2,1-2H3,(H,21,22,27)/b15-12-. The molecule has 12 heteroatoms. The van der Waals surface area contributed by atoms with Gasteiger partial charge in [0.25, 0.3) is 0 Å². The molecule has 162 valence electrons. The lowest BCUT2D eigenvalue weighted by Gasteiger charge is -2.18. The molecule has 1 aromatic carbocycles. The number of nitrogens with zero attached hydrogens (tertiary/aromatic N) is 4. The van der Waals surface area contributed by atoms with Crippen molar-refractivity contribution in [1.29, 1.82) is 0 Å². The zero-order valence-corrected chi connectivity index (χ0v) is 17.4. The topological polar surface area (TPSA) is 116 Å². The van der Waals surface area contributed by atoms with Gasteiger partial charge in [0, 0.05) is 13.3 Å². The van der Waals surface area contributed by atoms with E-state index < -0.39 is 27.3 Å². The van der Waals surface area contributed by atoms with Gasteiger partial charge in [0.2, 0.25) is 15.9 Å². The summed E-state index contributed by atoms with van der Waals surface area (Å²) in [6.07, 6.45) is 1.46. The predicted molar refractivity (Wildman–Crippen MR) is 109 cm³/mol. The summed E-state index contributed by atoms with van der Waals surface area (Å²) in [4.78, 5) is 15.4. The van der Waals surface area contributed by atoms with Crippen molar-refractivity contribution in [3.05, 3.63) is 35.0 Å². The highest BCUT2D eigenvalue weighted by atomic mass is 32.2. The van der Waals surface area contributed by atoms with E-state index in [1.54, 1.807) is 6.92 Å². The second kappa shape index (κ2) is 8.86. The molecule has 1 aromatic rings. The number of benzene rings is 1. The third-order valence-corrected chi connectivity index (χ3v) is 5.97. The fourth-order valence-electron chi connectivity index (χ4n) is 3.12. The Kier molecular flexibility index (Phi) is 6.44. The van der Waals surface area contributed by atoms with Crippen LogP contribution in [0.2, 0.25) is 0 Å². The molecule has 2 aliphatic rings. The third kappa shape index (κ3) is 4.99. The molecule has 1 amide bonds.